The Hall–Kier alpha value is -2.38. The Bertz CT molecular complexity index is 842. The molecule has 0 aromatic heterocycles. The third-order valence-electron chi connectivity index (χ3n) is 5.01. The third kappa shape index (κ3) is 3.99. The molecule has 3 rings (SSSR count). The lowest BCUT2D eigenvalue weighted by Crippen LogP contribution is -2.36. The number of hydrogen-bond donors (Lipinski definition) is 0. The summed E-state index contributed by atoms with van der Waals surface area (Å²) in [5.41, 5.74) is 1.42. The normalized spacial score (nSPS) is 19.5. The molecular formula is C20H23N3O3S. The predicted molar refractivity (Wildman–Crippen MR) is 110 cm³/mol. The predicted octanol–water partition coefficient (Wildman–Crippen LogP) is 3.31. The molecule has 142 valence electrons. The van der Waals surface area contributed by atoms with E-state index in [-0.39, 0.29) is 11.5 Å². The number of rotatable bonds is 6. The van der Waals surface area contributed by atoms with E-state index in [4.69, 9.17) is 0 Å². The van der Waals surface area contributed by atoms with E-state index in [2.05, 4.69) is 16.1 Å². The van der Waals surface area contributed by atoms with Crippen molar-refractivity contribution in [2.24, 2.45) is 0 Å². The number of hydrogen-bond acceptors (Lipinski definition) is 6. The van der Waals surface area contributed by atoms with Crippen molar-refractivity contribution in [3.8, 4) is 0 Å². The number of nitro groups is 1. The van der Waals surface area contributed by atoms with Gasteiger partial charge in [-0.15, -0.1) is 0 Å². The summed E-state index contributed by atoms with van der Waals surface area (Å²) >= 11 is 1.78. The second-order valence-electron chi connectivity index (χ2n) is 6.87. The van der Waals surface area contributed by atoms with Crippen LogP contribution in [0, 0.1) is 10.1 Å². The number of benzene rings is 2. The Morgan fingerprint density at radius 3 is 2.41 bits per heavy atom. The van der Waals surface area contributed by atoms with Crippen molar-refractivity contribution in [1.82, 2.24) is 4.90 Å². The lowest BCUT2D eigenvalue weighted by atomic mass is 10.0. The Kier molecular flexibility index (Phi) is 5.82. The number of nitrogens with zero attached hydrogens (tertiary/aromatic N) is 3. The molecule has 2 aromatic carbocycles. The van der Waals surface area contributed by atoms with Gasteiger partial charge in [0.25, 0.3) is 5.69 Å². The van der Waals surface area contributed by atoms with Crippen LogP contribution in [0.4, 0.5) is 11.4 Å². The van der Waals surface area contributed by atoms with Gasteiger partial charge in [-0.05, 0) is 32.5 Å². The topological polar surface area (TPSA) is 66.7 Å². The van der Waals surface area contributed by atoms with Gasteiger partial charge in [0.1, 0.15) is 5.69 Å². The van der Waals surface area contributed by atoms with Crippen molar-refractivity contribution >= 4 is 28.9 Å². The Balaban J connectivity index is 1.94. The molecule has 2 atom stereocenters. The first kappa shape index (κ1) is 19.4. The van der Waals surface area contributed by atoms with Crippen LogP contribution in [-0.4, -0.2) is 60.3 Å². The van der Waals surface area contributed by atoms with E-state index in [1.165, 1.54) is 6.07 Å². The lowest BCUT2D eigenvalue weighted by Gasteiger charge is -2.23. The average molecular weight is 385 g/mol. The van der Waals surface area contributed by atoms with Crippen LogP contribution in [0.3, 0.4) is 0 Å². The molecule has 0 radical (unpaired) electrons. The minimum atomic E-state index is -0.395. The maximum Gasteiger partial charge on any atom is 0.293 e. The Morgan fingerprint density at radius 2 is 1.85 bits per heavy atom. The minimum Gasteiger partial charge on any atom is -0.363 e. The van der Waals surface area contributed by atoms with Crippen LogP contribution in [-0.2, 0) is 0 Å². The van der Waals surface area contributed by atoms with Crippen LogP contribution in [0.15, 0.2) is 48.5 Å². The standard InChI is InChI=1S/C20H23N3O3S/c1-21(2)18-12-22(13-19(18)27-3)16-10-9-15(11-17(16)23(25)26)20(24)14-7-5-4-6-8-14/h4-11,18-19H,12-13H2,1-3H3/t18-,19+/m1/s1. The van der Waals surface area contributed by atoms with E-state index in [1.807, 2.05) is 20.2 Å². The molecule has 2 aromatic rings. The van der Waals surface area contributed by atoms with Gasteiger partial charge in [0.05, 0.1) is 4.92 Å². The fourth-order valence-electron chi connectivity index (χ4n) is 3.52. The Labute approximate surface area is 163 Å². The van der Waals surface area contributed by atoms with E-state index in [0.717, 1.165) is 13.1 Å². The molecule has 6 nitrogen and oxygen atoms in total. The smallest absolute Gasteiger partial charge is 0.293 e. The second-order valence-corrected chi connectivity index (χ2v) is 7.94. The zero-order valence-electron chi connectivity index (χ0n) is 15.7. The van der Waals surface area contributed by atoms with Crippen molar-refractivity contribution in [3.05, 3.63) is 69.8 Å². The summed E-state index contributed by atoms with van der Waals surface area (Å²) in [5, 5.41) is 12.1. The molecule has 0 unspecified atom stereocenters. The molecule has 1 aliphatic rings. The number of thioether (sulfide) groups is 1. The van der Waals surface area contributed by atoms with Crippen LogP contribution in [0.25, 0.3) is 0 Å². The van der Waals surface area contributed by atoms with Crippen molar-refractivity contribution in [2.75, 3.05) is 38.3 Å². The van der Waals surface area contributed by atoms with E-state index in [1.54, 1.807) is 48.2 Å². The summed E-state index contributed by atoms with van der Waals surface area (Å²) in [4.78, 5) is 28.2. The molecule has 0 saturated carbocycles. The molecule has 0 bridgehead atoms. The van der Waals surface area contributed by atoms with Gasteiger partial charge in [-0.2, -0.15) is 11.8 Å². The molecule has 1 fully saturated rings. The largest absolute Gasteiger partial charge is 0.363 e. The van der Waals surface area contributed by atoms with Gasteiger partial charge < -0.3 is 9.80 Å². The number of likely N-dealkylation sites (N-methyl/N-ethyl adjacent to an activating group) is 1. The van der Waals surface area contributed by atoms with Gasteiger partial charge >= 0.3 is 0 Å². The molecular weight excluding hydrogens is 362 g/mol. The van der Waals surface area contributed by atoms with Gasteiger partial charge in [0, 0.05) is 41.6 Å². The van der Waals surface area contributed by atoms with Crippen molar-refractivity contribution in [2.45, 2.75) is 11.3 Å². The zero-order chi connectivity index (χ0) is 19.6. The third-order valence-corrected chi connectivity index (χ3v) is 6.08. The first-order chi connectivity index (χ1) is 12.9. The highest BCUT2D eigenvalue weighted by Crippen LogP contribution is 2.35. The maximum absolute atomic E-state index is 12.6. The molecule has 0 spiro atoms. The number of ketones is 1. The Morgan fingerprint density at radius 1 is 1.15 bits per heavy atom. The molecule has 27 heavy (non-hydrogen) atoms. The molecule has 1 aliphatic heterocycles. The van der Waals surface area contributed by atoms with Gasteiger partial charge in [-0.3, -0.25) is 14.9 Å². The number of carbonyl (C=O) groups excluding carboxylic acids is 1. The lowest BCUT2D eigenvalue weighted by molar-refractivity contribution is -0.384. The van der Waals surface area contributed by atoms with Crippen molar-refractivity contribution < 1.29 is 9.72 Å². The molecule has 7 heteroatoms. The molecule has 0 amide bonds. The zero-order valence-corrected chi connectivity index (χ0v) is 16.5. The first-order valence-electron chi connectivity index (χ1n) is 8.74. The van der Waals surface area contributed by atoms with Crippen molar-refractivity contribution in [1.29, 1.82) is 0 Å². The number of carbonyl (C=O) groups is 1. The van der Waals surface area contributed by atoms with Gasteiger partial charge in [0.2, 0.25) is 0 Å². The average Bonchev–Trinajstić information content (AvgIpc) is 3.12. The van der Waals surface area contributed by atoms with E-state index in [9.17, 15) is 14.9 Å². The monoisotopic (exact) mass is 385 g/mol. The van der Waals surface area contributed by atoms with E-state index < -0.39 is 4.92 Å². The number of nitro benzene ring substituents is 1. The highest BCUT2D eigenvalue weighted by atomic mass is 32.2. The summed E-state index contributed by atoms with van der Waals surface area (Å²) in [6.45, 7) is 1.47. The summed E-state index contributed by atoms with van der Waals surface area (Å²) in [6, 6.07) is 14.0. The molecule has 0 N–H and O–H groups in total. The molecule has 1 saturated heterocycles. The van der Waals surface area contributed by atoms with Crippen LogP contribution >= 0.6 is 11.8 Å². The van der Waals surface area contributed by atoms with Crippen molar-refractivity contribution in [3.63, 3.8) is 0 Å². The van der Waals surface area contributed by atoms with Crippen LogP contribution in [0.2, 0.25) is 0 Å². The van der Waals surface area contributed by atoms with Crippen LogP contribution in [0.1, 0.15) is 15.9 Å². The fourth-order valence-corrected chi connectivity index (χ4v) is 4.49. The van der Waals surface area contributed by atoms with Gasteiger partial charge in [-0.1, -0.05) is 30.3 Å². The van der Waals surface area contributed by atoms with Crippen LogP contribution < -0.4 is 4.90 Å². The first-order valence-corrected chi connectivity index (χ1v) is 10.0. The second kappa shape index (κ2) is 8.10. The van der Waals surface area contributed by atoms with Crippen LogP contribution in [0.5, 0.6) is 0 Å². The fraction of sp³-hybridized carbons (Fsp3) is 0.350. The SMILES string of the molecule is CS[C@H]1CN(c2ccc(C(=O)c3ccccc3)cc2[N+](=O)[O-])C[C@H]1N(C)C. The maximum atomic E-state index is 12.6. The summed E-state index contributed by atoms with van der Waals surface area (Å²) < 4.78 is 0. The van der Waals surface area contributed by atoms with Gasteiger partial charge in [0.15, 0.2) is 5.78 Å². The summed E-state index contributed by atoms with van der Waals surface area (Å²) in [7, 11) is 4.07. The van der Waals surface area contributed by atoms with Gasteiger partial charge in [-0.25, -0.2) is 0 Å². The molecule has 1 heterocycles. The molecule has 0 aliphatic carbocycles. The van der Waals surface area contributed by atoms with E-state index in [0.29, 0.717) is 28.1 Å². The highest BCUT2D eigenvalue weighted by molar-refractivity contribution is 7.99. The number of anilines is 1. The summed E-state index contributed by atoms with van der Waals surface area (Å²) in [5.74, 6) is -0.208. The summed E-state index contributed by atoms with van der Waals surface area (Å²) in [6.07, 6.45) is 2.07. The minimum absolute atomic E-state index is 0.0176. The quantitative estimate of drug-likeness (QED) is 0.432. The highest BCUT2D eigenvalue weighted by Gasteiger charge is 2.36. The van der Waals surface area contributed by atoms with E-state index >= 15 is 0 Å².